The Labute approximate surface area is 137 Å². The molecule has 1 fully saturated rings. The molecule has 1 heterocycles. The maximum Gasteiger partial charge on any atom is 0.258 e. The van der Waals surface area contributed by atoms with Gasteiger partial charge < -0.3 is 0 Å². The summed E-state index contributed by atoms with van der Waals surface area (Å²) >= 11 is 11.6. The fourth-order valence-corrected chi connectivity index (χ4v) is 5.32. The molecule has 0 spiro atoms. The van der Waals surface area contributed by atoms with Gasteiger partial charge in [-0.25, -0.2) is 16.8 Å². The number of carbonyl (C=O) groups excluding carboxylic acids is 1. The molecule has 1 saturated heterocycles. The molecule has 0 unspecified atom stereocenters. The highest BCUT2D eigenvalue weighted by atomic mass is 35.5. The lowest BCUT2D eigenvalue weighted by molar-refractivity contribution is -0.124. The van der Waals surface area contributed by atoms with Crippen LogP contribution in [0.3, 0.4) is 0 Å². The van der Waals surface area contributed by atoms with E-state index in [1.807, 2.05) is 10.3 Å². The summed E-state index contributed by atoms with van der Waals surface area (Å²) in [5, 5.41) is -0.118. The fourth-order valence-electron chi connectivity index (χ4n) is 1.97. The Hall–Kier alpha value is -0.870. The molecule has 2 rings (SSSR count). The molecule has 0 aliphatic carbocycles. The molecule has 1 aliphatic heterocycles. The van der Waals surface area contributed by atoms with Gasteiger partial charge in [0, 0.05) is 0 Å². The first-order chi connectivity index (χ1) is 10.1. The highest BCUT2D eigenvalue weighted by molar-refractivity contribution is 7.91. The first-order valence-electron chi connectivity index (χ1n) is 6.08. The molecular weight excluding hydrogens is 375 g/mol. The van der Waals surface area contributed by atoms with E-state index in [0.29, 0.717) is 0 Å². The van der Waals surface area contributed by atoms with Gasteiger partial charge in [-0.3, -0.25) is 10.2 Å². The summed E-state index contributed by atoms with van der Waals surface area (Å²) in [6, 6.07) is 4.04. The predicted octanol–water partition coefficient (Wildman–Crippen LogP) is 0.738. The summed E-state index contributed by atoms with van der Waals surface area (Å²) in [4.78, 5) is 13.4. The normalized spacial score (nSPS) is 20.7. The number of carbonyl (C=O) groups is 1. The third kappa shape index (κ3) is 3.90. The van der Waals surface area contributed by atoms with E-state index in [9.17, 15) is 21.6 Å². The van der Waals surface area contributed by atoms with Gasteiger partial charge in [0.2, 0.25) is 5.91 Å². The minimum absolute atomic E-state index is 0.0535. The lowest BCUT2D eigenvalue weighted by Crippen LogP contribution is -2.44. The Morgan fingerprint density at radius 3 is 2.55 bits per heavy atom. The van der Waals surface area contributed by atoms with E-state index in [1.165, 1.54) is 18.2 Å². The van der Waals surface area contributed by atoms with Crippen LogP contribution in [0.5, 0.6) is 0 Å². The maximum atomic E-state index is 12.1. The van der Waals surface area contributed by atoms with Crippen molar-refractivity contribution in [3.8, 4) is 0 Å². The molecule has 11 heteroatoms. The smallest absolute Gasteiger partial charge is 0.258 e. The molecule has 122 valence electrons. The Bertz CT molecular complexity index is 808. The summed E-state index contributed by atoms with van der Waals surface area (Å²) in [5.74, 6) is -1.86. The summed E-state index contributed by atoms with van der Waals surface area (Å²) in [6.07, 6.45) is 0.161. The van der Waals surface area contributed by atoms with Crippen LogP contribution in [0.4, 0.5) is 0 Å². The van der Waals surface area contributed by atoms with Gasteiger partial charge in [-0.15, -0.1) is 4.83 Å². The Morgan fingerprint density at radius 2 is 1.95 bits per heavy atom. The quantitative estimate of drug-likeness (QED) is 0.741. The number of hydrazine groups is 1. The van der Waals surface area contributed by atoms with Crippen molar-refractivity contribution in [1.82, 2.24) is 10.3 Å². The van der Waals surface area contributed by atoms with Crippen molar-refractivity contribution < 1.29 is 21.6 Å². The molecule has 1 atom stereocenters. The van der Waals surface area contributed by atoms with E-state index in [-0.39, 0.29) is 32.9 Å². The SMILES string of the molecule is O=C(NNS(=O)(=O)c1cccc(Cl)c1Cl)[C@H]1CCS(=O)(=O)C1. The summed E-state index contributed by atoms with van der Waals surface area (Å²) in [5.41, 5.74) is 2.00. The number of halogens is 2. The number of nitrogens with one attached hydrogen (secondary N) is 2. The van der Waals surface area contributed by atoms with Crippen LogP contribution in [-0.4, -0.2) is 34.2 Å². The highest BCUT2D eigenvalue weighted by Crippen LogP contribution is 2.28. The van der Waals surface area contributed by atoms with Gasteiger partial charge in [0.05, 0.1) is 27.5 Å². The van der Waals surface area contributed by atoms with Crippen LogP contribution in [0.2, 0.25) is 10.0 Å². The second-order valence-corrected chi connectivity index (χ2v) is 9.41. The Balaban J connectivity index is 2.07. The molecule has 1 amide bonds. The van der Waals surface area contributed by atoms with E-state index >= 15 is 0 Å². The maximum absolute atomic E-state index is 12.1. The standard InChI is InChI=1S/C11H12Cl2N2O5S2/c12-8-2-1-3-9(10(8)13)22(19,20)15-14-11(16)7-4-5-21(17,18)6-7/h1-3,7,15H,4-6H2,(H,14,16)/t7-/m0/s1. The van der Waals surface area contributed by atoms with Crippen LogP contribution in [0.25, 0.3) is 0 Å². The summed E-state index contributed by atoms with van der Waals surface area (Å²) in [6.45, 7) is 0. The molecule has 0 saturated carbocycles. The molecule has 7 nitrogen and oxygen atoms in total. The van der Waals surface area contributed by atoms with Gasteiger partial charge in [0.15, 0.2) is 9.84 Å². The van der Waals surface area contributed by atoms with Crippen molar-refractivity contribution in [1.29, 1.82) is 0 Å². The lowest BCUT2D eigenvalue weighted by atomic mass is 10.1. The highest BCUT2D eigenvalue weighted by Gasteiger charge is 2.33. The first-order valence-corrected chi connectivity index (χ1v) is 10.1. The van der Waals surface area contributed by atoms with Gasteiger partial charge in [-0.05, 0) is 18.6 Å². The van der Waals surface area contributed by atoms with E-state index in [0.717, 1.165) is 0 Å². The molecular formula is C11H12Cl2N2O5S2. The molecule has 1 aromatic carbocycles. The van der Waals surface area contributed by atoms with E-state index in [4.69, 9.17) is 23.2 Å². The van der Waals surface area contributed by atoms with Crippen molar-refractivity contribution in [2.45, 2.75) is 11.3 Å². The first kappa shape index (κ1) is 17.5. The third-order valence-electron chi connectivity index (χ3n) is 3.12. The van der Waals surface area contributed by atoms with Crippen molar-refractivity contribution in [2.75, 3.05) is 11.5 Å². The number of benzene rings is 1. The molecule has 1 aliphatic rings. The second-order valence-electron chi connectivity index (χ2n) is 4.75. The largest absolute Gasteiger partial charge is 0.277 e. The topological polar surface area (TPSA) is 109 Å². The van der Waals surface area contributed by atoms with Crippen LogP contribution in [0, 0.1) is 5.92 Å². The monoisotopic (exact) mass is 386 g/mol. The summed E-state index contributed by atoms with van der Waals surface area (Å²) < 4.78 is 46.7. The zero-order valence-electron chi connectivity index (χ0n) is 11.0. The third-order valence-corrected chi connectivity index (χ3v) is 7.11. The van der Waals surface area contributed by atoms with Gasteiger partial charge in [0.25, 0.3) is 10.0 Å². The van der Waals surface area contributed by atoms with Crippen LogP contribution >= 0.6 is 23.2 Å². The Kier molecular flexibility index (Phi) is 5.03. The number of sulfone groups is 1. The molecule has 22 heavy (non-hydrogen) atoms. The van der Waals surface area contributed by atoms with Gasteiger partial charge in [0.1, 0.15) is 4.90 Å². The number of hydrogen-bond donors (Lipinski definition) is 2. The fraction of sp³-hybridized carbons (Fsp3) is 0.364. The number of sulfonamides is 1. The Morgan fingerprint density at radius 1 is 1.27 bits per heavy atom. The van der Waals surface area contributed by atoms with Gasteiger partial charge in [-0.1, -0.05) is 29.3 Å². The molecule has 2 N–H and O–H groups in total. The van der Waals surface area contributed by atoms with Crippen LogP contribution in [0.15, 0.2) is 23.1 Å². The van der Waals surface area contributed by atoms with E-state index in [2.05, 4.69) is 0 Å². The summed E-state index contributed by atoms with van der Waals surface area (Å²) in [7, 11) is -7.35. The van der Waals surface area contributed by atoms with Gasteiger partial charge in [-0.2, -0.15) is 0 Å². The van der Waals surface area contributed by atoms with Crippen molar-refractivity contribution >= 4 is 49.0 Å². The number of hydrogen-bond acceptors (Lipinski definition) is 5. The molecule has 0 bridgehead atoms. The minimum atomic E-state index is -4.11. The minimum Gasteiger partial charge on any atom is -0.277 e. The lowest BCUT2D eigenvalue weighted by Gasteiger charge is -2.12. The zero-order valence-corrected chi connectivity index (χ0v) is 14.2. The van der Waals surface area contributed by atoms with E-state index in [1.54, 1.807) is 0 Å². The van der Waals surface area contributed by atoms with Crippen LogP contribution in [0.1, 0.15) is 6.42 Å². The molecule has 0 radical (unpaired) electrons. The zero-order chi connectivity index (χ0) is 16.5. The number of rotatable bonds is 4. The van der Waals surface area contributed by atoms with Crippen LogP contribution < -0.4 is 10.3 Å². The molecule has 1 aromatic rings. The van der Waals surface area contributed by atoms with Crippen molar-refractivity contribution in [3.63, 3.8) is 0 Å². The van der Waals surface area contributed by atoms with Crippen molar-refractivity contribution in [2.24, 2.45) is 5.92 Å². The average Bonchev–Trinajstić information content (AvgIpc) is 2.79. The van der Waals surface area contributed by atoms with E-state index < -0.39 is 31.7 Å². The predicted molar refractivity (Wildman–Crippen MR) is 81.7 cm³/mol. The number of amides is 1. The average molecular weight is 387 g/mol. The van der Waals surface area contributed by atoms with Crippen molar-refractivity contribution in [3.05, 3.63) is 28.2 Å². The van der Waals surface area contributed by atoms with Crippen LogP contribution in [-0.2, 0) is 24.7 Å². The van der Waals surface area contributed by atoms with Gasteiger partial charge >= 0.3 is 0 Å². The molecule has 0 aromatic heterocycles. The second kappa shape index (κ2) is 6.32.